The Hall–Kier alpha value is -3.55. The zero-order valence-electron chi connectivity index (χ0n) is 17.7. The molecule has 4 aromatic rings. The number of hydrogen-bond acceptors (Lipinski definition) is 4. The van der Waals surface area contributed by atoms with Crippen LogP contribution >= 0.6 is 15.9 Å². The second kappa shape index (κ2) is 9.13. The summed E-state index contributed by atoms with van der Waals surface area (Å²) in [6.45, 7) is 1.31. The van der Waals surface area contributed by atoms with Crippen molar-refractivity contribution in [3.63, 3.8) is 0 Å². The Labute approximate surface area is 199 Å². The largest absolute Gasteiger partial charge is 0.479 e. The number of fused-ring (bicyclic) bond motifs is 1. The average Bonchev–Trinajstić information content (AvgIpc) is 2.83. The summed E-state index contributed by atoms with van der Waals surface area (Å²) in [6.07, 6.45) is 0. The third-order valence-electron chi connectivity index (χ3n) is 5.57. The number of hydrogen-bond donors (Lipinski definition) is 3. The summed E-state index contributed by atoms with van der Waals surface area (Å²) in [5, 5.41) is 23.8. The fraction of sp³-hybridized carbons (Fsp3) is 0.115. The Morgan fingerprint density at radius 3 is 2.27 bits per heavy atom. The van der Waals surface area contributed by atoms with Crippen LogP contribution in [-0.2, 0) is 10.4 Å². The van der Waals surface area contributed by atoms with Crippen molar-refractivity contribution in [2.24, 2.45) is 0 Å². The van der Waals surface area contributed by atoms with E-state index in [9.17, 15) is 19.8 Å². The number of aliphatic carboxylic acids is 1. The molecule has 0 bridgehead atoms. The van der Waals surface area contributed by atoms with Crippen LogP contribution in [0.25, 0.3) is 22.2 Å². The standard InChI is InChI=1S/C26H21BrN2O4/c1-16-22(24(30)28-15-26(33,25(31)32)18-10-6-3-7-11-18)20-14-19(27)12-13-21(20)29-23(16)17-8-4-2-5-9-17/h2-14,33H,15H2,1H3,(H,28,30)(H,31,32). The molecule has 6 nitrogen and oxygen atoms in total. The number of halogens is 1. The molecule has 4 rings (SSSR count). The lowest BCUT2D eigenvalue weighted by Crippen LogP contribution is -2.46. The molecular formula is C26H21BrN2O4. The van der Waals surface area contributed by atoms with Gasteiger partial charge in [-0.3, -0.25) is 4.79 Å². The minimum absolute atomic E-state index is 0.182. The van der Waals surface area contributed by atoms with E-state index in [-0.39, 0.29) is 5.56 Å². The van der Waals surface area contributed by atoms with Crippen molar-refractivity contribution in [2.75, 3.05) is 6.54 Å². The summed E-state index contributed by atoms with van der Waals surface area (Å²) in [5.74, 6) is -1.94. The molecule has 7 heteroatoms. The topological polar surface area (TPSA) is 99.5 Å². The first-order chi connectivity index (χ1) is 15.8. The number of carboxylic acids is 1. The van der Waals surface area contributed by atoms with Gasteiger partial charge in [0.15, 0.2) is 0 Å². The number of rotatable bonds is 6. The van der Waals surface area contributed by atoms with Crippen molar-refractivity contribution in [3.8, 4) is 11.3 Å². The number of carboxylic acid groups (broad SMARTS) is 1. The minimum Gasteiger partial charge on any atom is -0.479 e. The van der Waals surface area contributed by atoms with Gasteiger partial charge in [-0.15, -0.1) is 0 Å². The fourth-order valence-electron chi connectivity index (χ4n) is 3.81. The third-order valence-corrected chi connectivity index (χ3v) is 6.07. The summed E-state index contributed by atoms with van der Waals surface area (Å²) >= 11 is 3.45. The predicted molar refractivity (Wildman–Crippen MR) is 130 cm³/mol. The van der Waals surface area contributed by atoms with Crippen molar-refractivity contribution in [3.05, 3.63) is 100 Å². The van der Waals surface area contributed by atoms with Crippen molar-refractivity contribution in [2.45, 2.75) is 12.5 Å². The molecule has 0 radical (unpaired) electrons. The maximum atomic E-state index is 13.4. The van der Waals surface area contributed by atoms with Crippen LogP contribution in [0, 0.1) is 6.92 Å². The Morgan fingerprint density at radius 1 is 1.00 bits per heavy atom. The fourth-order valence-corrected chi connectivity index (χ4v) is 4.17. The predicted octanol–water partition coefficient (Wildman–Crippen LogP) is 4.67. The number of benzene rings is 3. The summed E-state index contributed by atoms with van der Waals surface area (Å²) < 4.78 is 0.782. The summed E-state index contributed by atoms with van der Waals surface area (Å²) in [5.41, 5.74) is 1.10. The van der Waals surface area contributed by atoms with E-state index in [1.807, 2.05) is 49.4 Å². The quantitative estimate of drug-likeness (QED) is 0.354. The highest BCUT2D eigenvalue weighted by atomic mass is 79.9. The molecule has 0 aliphatic carbocycles. The van der Waals surface area contributed by atoms with E-state index in [0.717, 1.165) is 10.0 Å². The zero-order valence-corrected chi connectivity index (χ0v) is 19.3. The smallest absolute Gasteiger partial charge is 0.342 e. The van der Waals surface area contributed by atoms with Gasteiger partial charge in [0.05, 0.1) is 23.3 Å². The molecule has 3 N–H and O–H groups in total. The molecule has 1 atom stereocenters. The highest BCUT2D eigenvalue weighted by molar-refractivity contribution is 9.10. The number of amides is 1. The van der Waals surface area contributed by atoms with E-state index < -0.39 is 24.0 Å². The first-order valence-electron chi connectivity index (χ1n) is 10.3. The maximum Gasteiger partial charge on any atom is 0.342 e. The number of aromatic nitrogens is 1. The van der Waals surface area contributed by atoms with Crippen molar-refractivity contribution in [1.29, 1.82) is 0 Å². The van der Waals surface area contributed by atoms with E-state index in [2.05, 4.69) is 21.2 Å². The molecule has 0 spiro atoms. The third kappa shape index (κ3) is 4.37. The Bertz CT molecular complexity index is 1340. The number of carbonyl (C=O) groups excluding carboxylic acids is 1. The molecule has 1 aromatic heterocycles. The molecule has 166 valence electrons. The van der Waals surface area contributed by atoms with Crippen molar-refractivity contribution >= 4 is 38.7 Å². The van der Waals surface area contributed by atoms with Crippen LogP contribution in [0.3, 0.4) is 0 Å². The molecule has 0 saturated heterocycles. The normalized spacial score (nSPS) is 12.8. The van der Waals surface area contributed by atoms with E-state index in [4.69, 9.17) is 4.98 Å². The van der Waals surface area contributed by atoms with E-state index in [1.165, 1.54) is 12.1 Å². The number of nitrogens with zero attached hydrogens (tertiary/aromatic N) is 1. The molecule has 33 heavy (non-hydrogen) atoms. The van der Waals surface area contributed by atoms with Crippen LogP contribution in [0.5, 0.6) is 0 Å². The molecule has 3 aromatic carbocycles. The molecule has 1 heterocycles. The first-order valence-corrected chi connectivity index (χ1v) is 11.1. The summed E-state index contributed by atoms with van der Waals surface area (Å²) in [4.78, 5) is 30.1. The lowest BCUT2D eigenvalue weighted by atomic mass is 9.93. The van der Waals surface area contributed by atoms with Crippen molar-refractivity contribution in [1.82, 2.24) is 10.3 Å². The van der Waals surface area contributed by atoms with Crippen LogP contribution < -0.4 is 5.32 Å². The summed E-state index contributed by atoms with van der Waals surface area (Å²) in [6, 6.07) is 23.0. The van der Waals surface area contributed by atoms with Gasteiger partial charge in [0.2, 0.25) is 5.60 Å². The van der Waals surface area contributed by atoms with Gasteiger partial charge in [-0.1, -0.05) is 76.6 Å². The average molecular weight is 505 g/mol. The van der Waals surface area contributed by atoms with Crippen LogP contribution in [0.15, 0.2) is 83.3 Å². The molecule has 0 aliphatic heterocycles. The van der Waals surface area contributed by atoms with E-state index >= 15 is 0 Å². The number of nitrogens with one attached hydrogen (secondary N) is 1. The number of pyridine rings is 1. The lowest BCUT2D eigenvalue weighted by molar-refractivity contribution is -0.159. The highest BCUT2D eigenvalue weighted by Gasteiger charge is 2.38. The molecule has 0 fully saturated rings. The van der Waals surface area contributed by atoms with Gasteiger partial charge in [-0.25, -0.2) is 9.78 Å². The lowest BCUT2D eigenvalue weighted by Gasteiger charge is -2.25. The molecule has 0 saturated carbocycles. The molecule has 1 amide bonds. The van der Waals surface area contributed by atoms with Gasteiger partial charge in [-0.2, -0.15) is 0 Å². The number of carbonyl (C=O) groups is 2. The van der Waals surface area contributed by atoms with Gasteiger partial charge in [0.25, 0.3) is 5.91 Å². The first kappa shape index (κ1) is 22.6. The highest BCUT2D eigenvalue weighted by Crippen LogP contribution is 2.31. The van der Waals surface area contributed by atoms with E-state index in [1.54, 1.807) is 24.3 Å². The van der Waals surface area contributed by atoms with Crippen LogP contribution in [0.2, 0.25) is 0 Å². The van der Waals surface area contributed by atoms with Gasteiger partial charge in [0, 0.05) is 15.4 Å². The maximum absolute atomic E-state index is 13.4. The van der Waals surface area contributed by atoms with Gasteiger partial charge in [0.1, 0.15) is 0 Å². The molecule has 0 aliphatic rings. The monoisotopic (exact) mass is 504 g/mol. The Kier molecular flexibility index (Phi) is 6.26. The van der Waals surface area contributed by atoms with Gasteiger partial charge >= 0.3 is 5.97 Å². The molecular weight excluding hydrogens is 484 g/mol. The van der Waals surface area contributed by atoms with Crippen LogP contribution in [0.4, 0.5) is 0 Å². The zero-order chi connectivity index (χ0) is 23.6. The van der Waals surface area contributed by atoms with E-state index in [0.29, 0.717) is 27.7 Å². The second-order valence-electron chi connectivity index (χ2n) is 7.70. The number of aliphatic hydroxyl groups is 1. The second-order valence-corrected chi connectivity index (χ2v) is 8.62. The van der Waals surface area contributed by atoms with Gasteiger partial charge in [-0.05, 0) is 36.2 Å². The molecule has 1 unspecified atom stereocenters. The Morgan fingerprint density at radius 2 is 1.64 bits per heavy atom. The van der Waals surface area contributed by atoms with Gasteiger partial charge < -0.3 is 15.5 Å². The summed E-state index contributed by atoms with van der Waals surface area (Å²) in [7, 11) is 0. The van der Waals surface area contributed by atoms with Crippen LogP contribution in [0.1, 0.15) is 21.5 Å². The van der Waals surface area contributed by atoms with Crippen LogP contribution in [-0.4, -0.2) is 33.6 Å². The Balaban J connectivity index is 1.78. The minimum atomic E-state index is -2.27. The van der Waals surface area contributed by atoms with Crippen molar-refractivity contribution < 1.29 is 19.8 Å². The SMILES string of the molecule is Cc1c(-c2ccccc2)nc2ccc(Br)cc2c1C(=O)NCC(O)(C(=O)O)c1ccccc1.